The maximum Gasteiger partial charge on any atom is 0.343 e. The van der Waals surface area contributed by atoms with E-state index in [1.54, 1.807) is 182 Å². The fraction of sp³-hybridized carbons (Fsp3) is 0.231. The molecule has 456 valence electrons. The zero-order chi connectivity index (χ0) is 64.2. The van der Waals surface area contributed by atoms with Crippen molar-refractivity contribution in [2.45, 2.75) is 119 Å². The summed E-state index contributed by atoms with van der Waals surface area (Å²) < 4.78 is 34.7. The molecule has 0 saturated carbocycles. The molecule has 0 unspecified atom stereocenters. The minimum Gasteiger partial charge on any atom is -0.491 e. The number of hydrogen-bond acceptors (Lipinski definition) is 12. The molecule has 0 amide bonds. The van der Waals surface area contributed by atoms with Crippen LogP contribution in [-0.4, -0.2) is 53.6 Å². The van der Waals surface area contributed by atoms with E-state index >= 15 is 14.4 Å². The lowest BCUT2D eigenvalue weighted by molar-refractivity contribution is 0.0725. The highest BCUT2D eigenvalue weighted by Gasteiger charge is 2.37. The van der Waals surface area contributed by atoms with E-state index in [-0.39, 0.29) is 52.4 Å². The summed E-state index contributed by atoms with van der Waals surface area (Å²) in [6, 6.07) is 51.8. The number of esters is 3. The highest BCUT2D eigenvalue weighted by atomic mass is 16.5. The number of rotatable bonds is 21. The summed E-state index contributed by atoms with van der Waals surface area (Å²) in [5.41, 5.74) is 4.41. The summed E-state index contributed by atoms with van der Waals surface area (Å²) >= 11 is 0. The van der Waals surface area contributed by atoms with Crippen LogP contribution in [-0.2, 0) is 0 Å². The van der Waals surface area contributed by atoms with Crippen LogP contribution in [0.25, 0.3) is 32.3 Å². The van der Waals surface area contributed by atoms with Crippen LogP contribution in [0, 0.1) is 0 Å². The first kappa shape index (κ1) is 62.8. The number of ether oxygens (including phenoxy) is 6. The Labute approximate surface area is 524 Å². The predicted octanol–water partition coefficient (Wildman–Crippen LogP) is 18.2. The second-order valence-electron chi connectivity index (χ2n) is 24.2. The third kappa shape index (κ3) is 13.9. The van der Waals surface area contributed by atoms with Gasteiger partial charge in [-0.05, 0) is 236 Å². The second kappa shape index (κ2) is 26.6. The molecule has 0 fully saturated rings. The van der Waals surface area contributed by atoms with E-state index in [1.165, 1.54) is 0 Å². The second-order valence-corrected chi connectivity index (χ2v) is 24.2. The Kier molecular flexibility index (Phi) is 18.6. The first-order valence-corrected chi connectivity index (χ1v) is 30.5. The van der Waals surface area contributed by atoms with Gasteiger partial charge in [-0.25, -0.2) is 14.4 Å². The van der Waals surface area contributed by atoms with Gasteiger partial charge >= 0.3 is 17.9 Å². The van der Waals surface area contributed by atoms with E-state index in [9.17, 15) is 14.4 Å². The van der Waals surface area contributed by atoms with E-state index < -0.39 is 35.7 Å². The standard InChI is InChI=1S/C78H72O12/c1-43(2)67-70(73(79)58-16-13-55-40-64(34-25-52(55)37-58)88-76(82)49-19-28-61(29-20-49)85-46(7)8)68(44(3)4)72(75(81)60-18-15-57-42-66(36-27-54(57)39-60)90-78(84)51-23-32-63(33-24-51)87-48(11)12)69(45(5)6)71(67)74(80)59-17-14-56-41-65(35-26-53(56)38-59)89-77(83)50-21-30-62(31-22-50)86-47(9)10/h13-48H,1-12H3. The number of fused-ring (bicyclic) bond motifs is 3. The van der Waals surface area contributed by atoms with Crippen molar-refractivity contribution in [3.63, 3.8) is 0 Å². The van der Waals surface area contributed by atoms with E-state index in [4.69, 9.17) is 28.4 Å². The Bertz CT molecular complexity index is 3940. The molecule has 0 heterocycles. The summed E-state index contributed by atoms with van der Waals surface area (Å²) in [7, 11) is 0. The van der Waals surface area contributed by atoms with E-state index in [0.717, 1.165) is 0 Å². The normalized spacial score (nSPS) is 11.5. The first-order chi connectivity index (χ1) is 43.0. The van der Waals surface area contributed by atoms with Crippen LogP contribution in [0.4, 0.5) is 0 Å². The third-order valence-electron chi connectivity index (χ3n) is 15.3. The lowest BCUT2D eigenvalue weighted by Crippen LogP contribution is -2.25. The molecule has 10 rings (SSSR count). The van der Waals surface area contributed by atoms with Crippen molar-refractivity contribution in [1.29, 1.82) is 0 Å². The van der Waals surface area contributed by atoms with Crippen LogP contribution >= 0.6 is 0 Å². The minimum absolute atomic E-state index is 0.0242. The van der Waals surface area contributed by atoms with Crippen molar-refractivity contribution >= 4 is 67.6 Å². The van der Waals surface area contributed by atoms with Crippen LogP contribution < -0.4 is 28.4 Å². The minimum atomic E-state index is -0.543. The molecule has 0 bridgehead atoms. The van der Waals surface area contributed by atoms with Gasteiger partial charge < -0.3 is 28.4 Å². The monoisotopic (exact) mass is 1200 g/mol. The average molecular weight is 1200 g/mol. The molecule has 0 saturated heterocycles. The lowest BCUT2D eigenvalue weighted by atomic mass is 9.71. The van der Waals surface area contributed by atoms with Crippen molar-refractivity contribution in [2.24, 2.45) is 0 Å². The summed E-state index contributed by atoms with van der Waals surface area (Å²) in [5.74, 6) is -1.10. The Balaban J connectivity index is 1.05. The van der Waals surface area contributed by atoms with Crippen molar-refractivity contribution in [3.8, 4) is 34.5 Å². The van der Waals surface area contributed by atoms with E-state index in [0.29, 0.717) is 117 Å². The molecule has 0 radical (unpaired) electrons. The lowest BCUT2D eigenvalue weighted by Gasteiger charge is -2.30. The van der Waals surface area contributed by atoms with Crippen molar-refractivity contribution in [3.05, 3.63) is 249 Å². The van der Waals surface area contributed by atoms with Gasteiger partial charge in [-0.15, -0.1) is 0 Å². The molecule has 12 heteroatoms. The van der Waals surface area contributed by atoms with Gasteiger partial charge in [-0.3, -0.25) is 14.4 Å². The summed E-state index contributed by atoms with van der Waals surface area (Å²) in [4.78, 5) is 87.8. The average Bonchev–Trinajstić information content (AvgIpc) is 0.728. The number of hydrogen-bond donors (Lipinski definition) is 0. The Morgan fingerprint density at radius 2 is 0.444 bits per heavy atom. The van der Waals surface area contributed by atoms with E-state index in [2.05, 4.69) is 0 Å². The van der Waals surface area contributed by atoms with Gasteiger partial charge in [0, 0.05) is 33.4 Å². The number of carbonyl (C=O) groups excluding carboxylic acids is 6. The SMILES string of the molecule is CC(C)Oc1ccc(C(=O)Oc2ccc3cc(C(=O)c4c(C(C)C)c(C(=O)c5ccc6cc(OC(=O)c7ccc(OC(C)C)cc7)ccc6c5)c(C(C)C)c(C(=O)c5ccc6cc(OC(=O)c7ccc(OC(C)C)cc7)ccc6c5)c4C(C)C)ccc3c2)cc1. The zero-order valence-corrected chi connectivity index (χ0v) is 52.7. The van der Waals surface area contributed by atoms with Gasteiger partial charge in [0.1, 0.15) is 34.5 Å². The highest BCUT2D eigenvalue weighted by Crippen LogP contribution is 2.44. The van der Waals surface area contributed by atoms with Gasteiger partial charge in [0.2, 0.25) is 0 Å². The van der Waals surface area contributed by atoms with Crippen molar-refractivity contribution in [1.82, 2.24) is 0 Å². The molecule has 0 aliphatic rings. The Hall–Kier alpha value is -10.2. The molecule has 0 spiro atoms. The molecule has 0 aromatic heterocycles. The molecule has 0 aliphatic heterocycles. The smallest absolute Gasteiger partial charge is 0.343 e. The fourth-order valence-electron chi connectivity index (χ4n) is 11.3. The fourth-order valence-corrected chi connectivity index (χ4v) is 11.3. The zero-order valence-electron chi connectivity index (χ0n) is 52.7. The highest BCUT2D eigenvalue weighted by molar-refractivity contribution is 6.22. The van der Waals surface area contributed by atoms with Gasteiger partial charge in [0.15, 0.2) is 17.3 Å². The quantitative estimate of drug-likeness (QED) is 0.0381. The molecule has 90 heavy (non-hydrogen) atoms. The van der Waals surface area contributed by atoms with Crippen LogP contribution in [0.1, 0.15) is 196 Å². The molecule has 0 atom stereocenters. The number of benzene rings is 10. The maximum atomic E-state index is 16.0. The predicted molar refractivity (Wildman–Crippen MR) is 352 cm³/mol. The van der Waals surface area contributed by atoms with Crippen LogP contribution in [0.15, 0.2) is 182 Å². The molecule has 12 nitrogen and oxygen atoms in total. The molecule has 10 aromatic rings. The topological polar surface area (TPSA) is 158 Å². The summed E-state index contributed by atoms with van der Waals surface area (Å²) in [5, 5.41) is 4.21. The molecular weight excluding hydrogens is 1130 g/mol. The maximum absolute atomic E-state index is 16.0. The Morgan fingerprint density at radius 3 is 0.667 bits per heavy atom. The molecule has 10 aromatic carbocycles. The third-order valence-corrected chi connectivity index (χ3v) is 15.3. The van der Waals surface area contributed by atoms with Crippen LogP contribution in [0.2, 0.25) is 0 Å². The van der Waals surface area contributed by atoms with Crippen LogP contribution in [0.3, 0.4) is 0 Å². The van der Waals surface area contributed by atoms with Gasteiger partial charge in [0.25, 0.3) is 0 Å². The largest absolute Gasteiger partial charge is 0.491 e. The van der Waals surface area contributed by atoms with Crippen molar-refractivity contribution < 1.29 is 57.2 Å². The van der Waals surface area contributed by atoms with E-state index in [1.807, 2.05) is 83.1 Å². The van der Waals surface area contributed by atoms with Gasteiger partial charge in [-0.2, -0.15) is 0 Å². The van der Waals surface area contributed by atoms with Gasteiger partial charge in [-0.1, -0.05) is 96.1 Å². The van der Waals surface area contributed by atoms with Gasteiger partial charge in [0.05, 0.1) is 35.0 Å². The summed E-state index contributed by atoms with van der Waals surface area (Å²) in [6.45, 7) is 23.3. The summed E-state index contributed by atoms with van der Waals surface area (Å²) in [6.07, 6.45) is -0.0726. The molecule has 0 aliphatic carbocycles. The molecular formula is C78H72O12. The van der Waals surface area contributed by atoms with Crippen LogP contribution in [0.5, 0.6) is 34.5 Å². The van der Waals surface area contributed by atoms with Crippen molar-refractivity contribution in [2.75, 3.05) is 0 Å². The molecule has 0 N–H and O–H groups in total. The Morgan fingerprint density at radius 1 is 0.244 bits per heavy atom. The number of ketones is 3. The first-order valence-electron chi connectivity index (χ1n) is 30.5. The number of carbonyl (C=O) groups is 6.